The topological polar surface area (TPSA) is 22.0 Å². The summed E-state index contributed by atoms with van der Waals surface area (Å²) in [7, 11) is 0. The monoisotopic (exact) mass is 315 g/mol. The van der Waals surface area contributed by atoms with Gasteiger partial charge in [0.2, 0.25) is 0 Å². The van der Waals surface area contributed by atoms with E-state index in [0.29, 0.717) is 16.5 Å². The zero-order valence-electron chi connectivity index (χ0n) is 12.8. The van der Waals surface area contributed by atoms with Gasteiger partial charge in [0, 0.05) is 22.8 Å². The van der Waals surface area contributed by atoms with Gasteiger partial charge in [0.15, 0.2) is 5.43 Å². The number of hydrogen-bond acceptors (Lipinski definition) is 1. The highest BCUT2D eigenvalue weighted by Crippen LogP contribution is 2.23. The number of nitrogens with zero attached hydrogens (tertiary/aromatic N) is 1. The van der Waals surface area contributed by atoms with E-state index in [1.54, 1.807) is 12.1 Å². The molecule has 4 rings (SSSR count). The number of benzene rings is 3. The molecule has 0 bridgehead atoms. The van der Waals surface area contributed by atoms with Gasteiger partial charge in [0.05, 0.1) is 5.52 Å². The average Bonchev–Trinajstić information content (AvgIpc) is 2.64. The van der Waals surface area contributed by atoms with Crippen LogP contribution >= 0.6 is 0 Å². The fourth-order valence-electron chi connectivity index (χ4n) is 2.92. The summed E-state index contributed by atoms with van der Waals surface area (Å²) in [5, 5.41) is 0.642. The quantitative estimate of drug-likeness (QED) is 0.521. The molecule has 3 aromatic carbocycles. The fourth-order valence-corrected chi connectivity index (χ4v) is 2.92. The van der Waals surface area contributed by atoms with Crippen LogP contribution in [0.25, 0.3) is 27.7 Å². The van der Waals surface area contributed by atoms with Crippen molar-refractivity contribution in [3.8, 4) is 16.8 Å². The molecule has 0 N–H and O–H groups in total. The average molecular weight is 315 g/mol. The maximum absolute atomic E-state index is 13.2. The molecule has 0 fully saturated rings. The third-order valence-corrected chi connectivity index (χ3v) is 4.10. The van der Waals surface area contributed by atoms with Crippen molar-refractivity contribution in [2.75, 3.05) is 0 Å². The summed E-state index contributed by atoms with van der Waals surface area (Å²) in [4.78, 5) is 12.9. The van der Waals surface area contributed by atoms with E-state index < -0.39 is 0 Å². The van der Waals surface area contributed by atoms with Crippen molar-refractivity contribution in [2.24, 2.45) is 0 Å². The minimum atomic E-state index is -0.317. The van der Waals surface area contributed by atoms with Gasteiger partial charge >= 0.3 is 0 Å². The molecule has 0 amide bonds. The van der Waals surface area contributed by atoms with E-state index in [1.165, 1.54) is 12.1 Å². The zero-order chi connectivity index (χ0) is 16.5. The van der Waals surface area contributed by atoms with Crippen molar-refractivity contribution in [1.29, 1.82) is 0 Å². The van der Waals surface area contributed by atoms with Crippen molar-refractivity contribution in [1.82, 2.24) is 4.57 Å². The van der Waals surface area contributed by atoms with E-state index in [2.05, 4.69) is 0 Å². The second-order valence-corrected chi connectivity index (χ2v) is 5.60. The Bertz CT molecular complexity index is 1070. The van der Waals surface area contributed by atoms with Crippen molar-refractivity contribution in [3.05, 3.63) is 101 Å². The third-order valence-electron chi connectivity index (χ3n) is 4.10. The van der Waals surface area contributed by atoms with Crippen LogP contribution in [-0.4, -0.2) is 4.57 Å². The molecule has 0 aliphatic rings. The molecule has 116 valence electrons. The fraction of sp³-hybridized carbons (Fsp3) is 0. The molecule has 0 atom stereocenters. The second-order valence-electron chi connectivity index (χ2n) is 5.60. The molecule has 0 spiro atoms. The lowest BCUT2D eigenvalue weighted by Gasteiger charge is -2.13. The van der Waals surface area contributed by atoms with Crippen LogP contribution in [0.15, 0.2) is 89.9 Å². The third kappa shape index (κ3) is 2.40. The maximum atomic E-state index is 13.2. The van der Waals surface area contributed by atoms with Crippen molar-refractivity contribution < 1.29 is 4.39 Å². The van der Waals surface area contributed by atoms with Crippen LogP contribution in [0.1, 0.15) is 0 Å². The number of halogens is 1. The van der Waals surface area contributed by atoms with Crippen molar-refractivity contribution in [2.45, 2.75) is 0 Å². The van der Waals surface area contributed by atoms with Gasteiger partial charge in [-0.2, -0.15) is 0 Å². The van der Waals surface area contributed by atoms with Gasteiger partial charge in [0.1, 0.15) is 5.82 Å². The molecular weight excluding hydrogens is 301 g/mol. The Kier molecular flexibility index (Phi) is 3.47. The van der Waals surface area contributed by atoms with E-state index in [0.717, 1.165) is 11.2 Å². The van der Waals surface area contributed by atoms with Gasteiger partial charge < -0.3 is 4.57 Å². The molecule has 0 unspecified atom stereocenters. The van der Waals surface area contributed by atoms with Crippen molar-refractivity contribution in [3.63, 3.8) is 0 Å². The summed E-state index contributed by atoms with van der Waals surface area (Å²) in [6, 6.07) is 23.4. The lowest BCUT2D eigenvalue weighted by molar-refractivity contribution is 0.628. The van der Waals surface area contributed by atoms with Gasteiger partial charge in [-0.15, -0.1) is 0 Å². The molecule has 2 nitrogen and oxygen atoms in total. The molecule has 0 saturated heterocycles. The normalized spacial score (nSPS) is 10.9. The molecule has 0 aliphatic carbocycles. The zero-order valence-corrected chi connectivity index (χ0v) is 12.8. The van der Waals surface area contributed by atoms with E-state index in [1.807, 2.05) is 65.4 Å². The van der Waals surface area contributed by atoms with Gasteiger partial charge in [-0.25, -0.2) is 4.39 Å². The molecule has 3 heteroatoms. The highest BCUT2D eigenvalue weighted by atomic mass is 19.1. The summed E-state index contributed by atoms with van der Waals surface area (Å²) in [6.07, 6.45) is 1.83. The van der Waals surface area contributed by atoms with Crippen LogP contribution in [0.4, 0.5) is 4.39 Å². The van der Waals surface area contributed by atoms with E-state index in [-0.39, 0.29) is 11.2 Å². The number of rotatable bonds is 2. The Hall–Kier alpha value is -3.20. The Labute approximate surface area is 138 Å². The molecule has 0 radical (unpaired) electrons. The number of fused-ring (bicyclic) bond motifs is 1. The van der Waals surface area contributed by atoms with Crippen LogP contribution in [0.3, 0.4) is 0 Å². The lowest BCUT2D eigenvalue weighted by atomic mass is 10.0. The molecule has 0 aliphatic heterocycles. The molecule has 4 aromatic rings. The Morgan fingerprint density at radius 1 is 0.750 bits per heavy atom. The van der Waals surface area contributed by atoms with Crippen molar-refractivity contribution >= 4 is 10.9 Å². The molecule has 24 heavy (non-hydrogen) atoms. The van der Waals surface area contributed by atoms with Crippen LogP contribution < -0.4 is 5.43 Å². The number of aromatic nitrogens is 1. The highest BCUT2D eigenvalue weighted by molar-refractivity contribution is 5.85. The first kappa shape index (κ1) is 14.4. The first-order chi connectivity index (χ1) is 11.7. The predicted octanol–water partition coefficient (Wildman–Crippen LogP) is 4.80. The molecule has 1 heterocycles. The SMILES string of the molecule is O=c1c(-c2ccc(F)cc2)cn(-c2ccccc2)c2ccccc12. The minimum Gasteiger partial charge on any atom is -0.316 e. The van der Waals surface area contributed by atoms with Gasteiger partial charge in [-0.3, -0.25) is 4.79 Å². The summed E-state index contributed by atoms with van der Waals surface area (Å²) in [5.74, 6) is -0.317. The Morgan fingerprint density at radius 2 is 1.42 bits per heavy atom. The first-order valence-electron chi connectivity index (χ1n) is 7.70. The molecular formula is C21H14FNO. The van der Waals surface area contributed by atoms with Crippen LogP contribution in [0.2, 0.25) is 0 Å². The van der Waals surface area contributed by atoms with Crippen LogP contribution in [-0.2, 0) is 0 Å². The first-order valence-corrected chi connectivity index (χ1v) is 7.70. The lowest BCUT2D eigenvalue weighted by Crippen LogP contribution is -2.11. The summed E-state index contributed by atoms with van der Waals surface area (Å²) in [6.45, 7) is 0. The predicted molar refractivity (Wildman–Crippen MR) is 94.9 cm³/mol. The van der Waals surface area contributed by atoms with E-state index in [4.69, 9.17) is 0 Å². The van der Waals surface area contributed by atoms with Crippen LogP contribution in [0, 0.1) is 5.82 Å². The van der Waals surface area contributed by atoms with Crippen LogP contribution in [0.5, 0.6) is 0 Å². The summed E-state index contributed by atoms with van der Waals surface area (Å²) < 4.78 is 15.2. The standard InChI is InChI=1S/C21H14FNO/c22-16-12-10-15(11-13-16)19-14-23(17-6-2-1-3-7-17)20-9-5-4-8-18(20)21(19)24/h1-14H. The summed E-state index contributed by atoms with van der Waals surface area (Å²) >= 11 is 0. The van der Waals surface area contributed by atoms with E-state index in [9.17, 15) is 9.18 Å². The molecule has 1 aromatic heterocycles. The molecule has 0 saturated carbocycles. The minimum absolute atomic E-state index is 0.0515. The van der Waals surface area contributed by atoms with Gasteiger partial charge in [-0.05, 0) is 42.0 Å². The smallest absolute Gasteiger partial charge is 0.197 e. The number of para-hydroxylation sites is 2. The highest BCUT2D eigenvalue weighted by Gasteiger charge is 2.11. The number of hydrogen-bond donors (Lipinski definition) is 0. The Balaban J connectivity index is 2.07. The van der Waals surface area contributed by atoms with Gasteiger partial charge in [0.25, 0.3) is 0 Å². The maximum Gasteiger partial charge on any atom is 0.197 e. The number of pyridine rings is 1. The van der Waals surface area contributed by atoms with E-state index >= 15 is 0 Å². The van der Waals surface area contributed by atoms with Gasteiger partial charge in [-0.1, -0.05) is 42.5 Å². The second kappa shape index (κ2) is 5.78. The Morgan fingerprint density at radius 3 is 2.17 bits per heavy atom. The largest absolute Gasteiger partial charge is 0.316 e. The summed E-state index contributed by atoms with van der Waals surface area (Å²) in [5.41, 5.74) is 3.02.